The summed E-state index contributed by atoms with van der Waals surface area (Å²) in [5.74, 6) is -2.08. The van der Waals surface area contributed by atoms with Gasteiger partial charge in [-0.2, -0.15) is 0 Å². The number of amides is 2. The molecule has 0 aliphatic carbocycles. The molecule has 3 saturated heterocycles. The molecule has 1 N–H and O–H groups in total. The lowest BCUT2D eigenvalue weighted by Gasteiger charge is -2.41. The topological polar surface area (TPSA) is 87.1 Å². The number of aliphatic hydroxyl groups excluding tert-OH is 1. The fourth-order valence-corrected chi connectivity index (χ4v) is 9.44. The van der Waals surface area contributed by atoms with Crippen molar-refractivity contribution in [3.8, 4) is 0 Å². The van der Waals surface area contributed by atoms with Gasteiger partial charge in [0.25, 0.3) is 5.91 Å². The third kappa shape index (κ3) is 5.06. The van der Waals surface area contributed by atoms with Crippen LogP contribution >= 0.6 is 11.8 Å². The number of likely N-dealkylation sites (tertiary alicyclic amines) is 1. The first-order valence-electron chi connectivity index (χ1n) is 15.1. The van der Waals surface area contributed by atoms with Crippen LogP contribution in [0.2, 0.25) is 0 Å². The van der Waals surface area contributed by atoms with Crippen LogP contribution in [0.15, 0.2) is 67.8 Å². The number of hydrogen-bond acceptors (Lipinski definition) is 6. The van der Waals surface area contributed by atoms with Gasteiger partial charge in [0, 0.05) is 17.5 Å². The summed E-state index contributed by atoms with van der Waals surface area (Å²) < 4.78 is 4.92. The minimum atomic E-state index is -0.818. The summed E-state index contributed by atoms with van der Waals surface area (Å²) in [5.41, 5.74) is 0.727. The number of carbonyl (C=O) groups excluding carboxylic acids is 3. The van der Waals surface area contributed by atoms with Crippen LogP contribution in [-0.2, 0) is 19.1 Å². The molecule has 2 amide bonds. The van der Waals surface area contributed by atoms with Crippen molar-refractivity contribution in [3.63, 3.8) is 0 Å². The fraction of sp³-hybridized carbons (Fsp3) is 0.500. The molecule has 3 aliphatic rings. The van der Waals surface area contributed by atoms with Gasteiger partial charge in [-0.15, -0.1) is 24.9 Å². The minimum Gasteiger partial charge on any atom is -0.465 e. The Hall–Kier alpha value is -3.10. The summed E-state index contributed by atoms with van der Waals surface area (Å²) >= 11 is 1.62. The Morgan fingerprint density at radius 3 is 2.67 bits per heavy atom. The molecule has 2 aromatic carbocycles. The van der Waals surface area contributed by atoms with Gasteiger partial charge in [0.05, 0.1) is 35.8 Å². The molecular formula is C34H42N2O5S. The monoisotopic (exact) mass is 590 g/mol. The molecule has 3 fully saturated rings. The summed E-state index contributed by atoms with van der Waals surface area (Å²) in [4.78, 5) is 46.2. The maximum absolute atomic E-state index is 14.9. The quantitative estimate of drug-likeness (QED) is 0.192. The van der Waals surface area contributed by atoms with E-state index >= 15 is 0 Å². The number of nitrogens with zero attached hydrogens (tertiary/aromatic N) is 2. The molecule has 224 valence electrons. The van der Waals surface area contributed by atoms with Gasteiger partial charge in [-0.05, 0) is 54.5 Å². The van der Waals surface area contributed by atoms with Crippen LogP contribution < -0.4 is 4.90 Å². The molecule has 0 saturated carbocycles. The molecule has 2 bridgehead atoms. The average molecular weight is 591 g/mol. The van der Waals surface area contributed by atoms with Gasteiger partial charge in [0.15, 0.2) is 0 Å². The van der Waals surface area contributed by atoms with Crippen LogP contribution in [-0.4, -0.2) is 69.6 Å². The van der Waals surface area contributed by atoms with Crippen molar-refractivity contribution in [2.75, 3.05) is 24.7 Å². The second kappa shape index (κ2) is 12.6. The maximum Gasteiger partial charge on any atom is 0.310 e. The number of hydrogen-bond donors (Lipinski definition) is 1. The highest BCUT2D eigenvalue weighted by atomic mass is 32.2. The van der Waals surface area contributed by atoms with E-state index in [-0.39, 0.29) is 48.7 Å². The first kappa shape index (κ1) is 30.4. The van der Waals surface area contributed by atoms with Gasteiger partial charge in [-0.1, -0.05) is 62.8 Å². The number of unbranched alkanes of at least 4 members (excludes halogenated alkanes) is 1. The molecular weight excluding hydrogens is 548 g/mol. The number of benzene rings is 2. The van der Waals surface area contributed by atoms with Crippen molar-refractivity contribution >= 4 is 46.0 Å². The molecule has 8 heteroatoms. The Morgan fingerprint density at radius 1 is 1.21 bits per heavy atom. The molecule has 2 unspecified atom stereocenters. The molecule has 42 heavy (non-hydrogen) atoms. The predicted octanol–water partition coefficient (Wildman–Crippen LogP) is 5.37. The molecule has 7 nitrogen and oxygen atoms in total. The van der Waals surface area contributed by atoms with E-state index in [9.17, 15) is 19.5 Å². The van der Waals surface area contributed by atoms with E-state index in [1.807, 2.05) is 56.3 Å². The van der Waals surface area contributed by atoms with E-state index in [1.165, 1.54) is 0 Å². The van der Waals surface area contributed by atoms with Crippen LogP contribution in [0.1, 0.15) is 46.0 Å². The molecule has 3 heterocycles. The van der Waals surface area contributed by atoms with Crippen LogP contribution in [0.3, 0.4) is 0 Å². The van der Waals surface area contributed by atoms with E-state index in [0.29, 0.717) is 12.8 Å². The van der Waals surface area contributed by atoms with E-state index in [2.05, 4.69) is 13.2 Å². The first-order valence-corrected chi connectivity index (χ1v) is 16.0. The number of aliphatic hydroxyl groups is 1. The van der Waals surface area contributed by atoms with Gasteiger partial charge in [0.1, 0.15) is 6.04 Å². The number of esters is 1. The van der Waals surface area contributed by atoms with Gasteiger partial charge in [-0.3, -0.25) is 14.4 Å². The number of thioether (sulfide) groups is 1. The number of fused-ring (bicyclic) bond motifs is 2. The van der Waals surface area contributed by atoms with E-state index < -0.39 is 28.7 Å². The van der Waals surface area contributed by atoms with Crippen LogP contribution in [0, 0.1) is 17.8 Å². The Bertz CT molecular complexity index is 1360. The number of carbonyl (C=O) groups is 3. The number of allylic oxidation sites excluding steroid dienone is 1. The Balaban J connectivity index is 1.56. The zero-order valence-corrected chi connectivity index (χ0v) is 25.4. The first-order chi connectivity index (χ1) is 20.3. The zero-order chi connectivity index (χ0) is 30.0. The molecule has 0 radical (unpaired) electrons. The van der Waals surface area contributed by atoms with Gasteiger partial charge < -0.3 is 19.6 Å². The summed E-state index contributed by atoms with van der Waals surface area (Å²) in [7, 11) is 0. The summed E-state index contributed by atoms with van der Waals surface area (Å²) in [6, 6.07) is 12.6. The van der Waals surface area contributed by atoms with Gasteiger partial charge in [-0.25, -0.2) is 0 Å². The Morgan fingerprint density at radius 2 is 1.98 bits per heavy atom. The largest absolute Gasteiger partial charge is 0.465 e. The second-order valence-electron chi connectivity index (χ2n) is 11.8. The number of anilines is 1. The van der Waals surface area contributed by atoms with Crippen LogP contribution in [0.5, 0.6) is 0 Å². The predicted molar refractivity (Wildman–Crippen MR) is 168 cm³/mol. The Kier molecular flexibility index (Phi) is 9.14. The molecule has 1 spiro atoms. The standard InChI is InChI=1S/C34H42N2O5S/c1-5-8-11-19-41-33(40)28-27-16-17-34(42-27)29(28)31(38)36(26(21-37)22(4)7-3)30(34)32(39)35(18-6-2)25-15-14-23-12-9-10-13-24(23)20-25/h5-6,9-10,12-15,20,22,26-30,37H,1-2,7-8,11,16-19,21H2,3-4H3/t22-,26-,27+,28-,29-,30?,34?/m0/s1. The molecule has 2 aromatic rings. The number of rotatable bonds is 13. The zero-order valence-electron chi connectivity index (χ0n) is 24.6. The molecule has 7 atom stereocenters. The third-order valence-corrected chi connectivity index (χ3v) is 11.5. The molecule has 3 aliphatic heterocycles. The SMILES string of the molecule is C=CCCCOC(=O)[C@@H]1[C@H]2C(=O)N([C@@H](CO)[C@@H](C)CC)C(C(=O)N(CC=C)c3ccc4ccccc4c3)C23CC[C@H]1S3. The van der Waals surface area contributed by atoms with Crippen LogP contribution in [0.25, 0.3) is 10.8 Å². The van der Waals surface area contributed by atoms with Crippen molar-refractivity contribution in [1.29, 1.82) is 0 Å². The van der Waals surface area contributed by atoms with E-state index in [1.54, 1.807) is 33.7 Å². The Labute approximate surface area is 253 Å². The van der Waals surface area contributed by atoms with Crippen molar-refractivity contribution in [2.24, 2.45) is 17.8 Å². The van der Waals surface area contributed by atoms with Crippen molar-refractivity contribution in [2.45, 2.75) is 68.0 Å². The third-order valence-electron chi connectivity index (χ3n) is 9.51. The lowest BCUT2D eigenvalue weighted by molar-refractivity contribution is -0.154. The smallest absolute Gasteiger partial charge is 0.310 e. The highest BCUT2D eigenvalue weighted by molar-refractivity contribution is 8.02. The van der Waals surface area contributed by atoms with Crippen molar-refractivity contribution in [3.05, 3.63) is 67.8 Å². The van der Waals surface area contributed by atoms with Gasteiger partial charge in [0.2, 0.25) is 5.91 Å². The lowest BCUT2D eigenvalue weighted by Crippen LogP contribution is -2.58. The number of ether oxygens (including phenoxy) is 1. The lowest BCUT2D eigenvalue weighted by atomic mass is 9.71. The second-order valence-corrected chi connectivity index (χ2v) is 13.4. The normalized spacial score (nSPS) is 27.5. The minimum absolute atomic E-state index is 0.0375. The maximum atomic E-state index is 14.9. The molecule has 5 rings (SSSR count). The van der Waals surface area contributed by atoms with Crippen molar-refractivity contribution in [1.82, 2.24) is 4.90 Å². The van der Waals surface area contributed by atoms with Crippen LogP contribution in [0.4, 0.5) is 5.69 Å². The highest BCUT2D eigenvalue weighted by Gasteiger charge is 2.75. The molecule has 0 aromatic heterocycles. The summed E-state index contributed by atoms with van der Waals surface area (Å²) in [5, 5.41) is 12.6. The van der Waals surface area contributed by atoms with Gasteiger partial charge >= 0.3 is 5.97 Å². The fourth-order valence-electron chi connectivity index (χ4n) is 7.25. The van der Waals surface area contributed by atoms with Crippen molar-refractivity contribution < 1.29 is 24.2 Å². The highest BCUT2D eigenvalue weighted by Crippen LogP contribution is 2.67. The summed E-state index contributed by atoms with van der Waals surface area (Å²) in [6.45, 7) is 12.0. The average Bonchev–Trinajstić information content (AvgIpc) is 3.65. The van der Waals surface area contributed by atoms with E-state index in [4.69, 9.17) is 4.74 Å². The van der Waals surface area contributed by atoms with E-state index in [0.717, 1.165) is 35.7 Å². The summed E-state index contributed by atoms with van der Waals surface area (Å²) in [6.07, 6.45) is 7.04.